The van der Waals surface area contributed by atoms with Crippen molar-refractivity contribution >= 4 is 0 Å². The van der Waals surface area contributed by atoms with Gasteiger partial charge in [0.05, 0.1) is 0 Å². The van der Waals surface area contributed by atoms with Gasteiger partial charge in [-0.1, -0.05) is 6.07 Å². The zero-order chi connectivity index (χ0) is 9.14. The average molecular weight is 175 g/mol. The molecule has 0 aliphatic rings. The van der Waals surface area contributed by atoms with Gasteiger partial charge in [0.25, 0.3) is 0 Å². The first kappa shape index (κ1) is 8.90. The quantitative estimate of drug-likeness (QED) is 0.671. The minimum atomic E-state index is -3.00. The Morgan fingerprint density at radius 1 is 1.33 bits per heavy atom. The van der Waals surface area contributed by atoms with Crippen molar-refractivity contribution in [3.63, 3.8) is 0 Å². The van der Waals surface area contributed by atoms with E-state index in [1.807, 2.05) is 0 Å². The largest absolute Gasteiger partial charge is 0.432 e. The molecule has 1 nitrogen and oxygen atoms in total. The highest BCUT2D eigenvalue weighted by atomic mass is 19.3. The van der Waals surface area contributed by atoms with Gasteiger partial charge in [0.1, 0.15) is 0 Å². The van der Waals surface area contributed by atoms with Crippen molar-refractivity contribution in [1.29, 1.82) is 0 Å². The van der Waals surface area contributed by atoms with Crippen molar-refractivity contribution in [3.8, 4) is 5.75 Å². The first-order chi connectivity index (χ1) is 5.59. The SMILES string of the molecule is [CH2]c1ccc(OC(F)F)c(F)c1. The number of alkyl halides is 2. The molecule has 65 valence electrons. The molecule has 0 aliphatic carbocycles. The molecule has 1 aromatic rings. The van der Waals surface area contributed by atoms with Crippen molar-refractivity contribution in [2.75, 3.05) is 0 Å². The van der Waals surface area contributed by atoms with Crippen LogP contribution >= 0.6 is 0 Å². The third kappa shape index (κ3) is 2.15. The van der Waals surface area contributed by atoms with Crippen molar-refractivity contribution in [3.05, 3.63) is 36.5 Å². The summed E-state index contributed by atoms with van der Waals surface area (Å²) in [5.41, 5.74) is 0.411. The fourth-order valence-corrected chi connectivity index (χ4v) is 0.736. The van der Waals surface area contributed by atoms with Crippen LogP contribution in [-0.4, -0.2) is 6.61 Å². The summed E-state index contributed by atoms with van der Waals surface area (Å²) in [5, 5.41) is 0. The van der Waals surface area contributed by atoms with Crippen molar-refractivity contribution < 1.29 is 17.9 Å². The fraction of sp³-hybridized carbons (Fsp3) is 0.125. The molecule has 0 heterocycles. The second kappa shape index (κ2) is 3.47. The Kier molecular flexibility index (Phi) is 2.58. The van der Waals surface area contributed by atoms with E-state index in [4.69, 9.17) is 0 Å². The molecule has 12 heavy (non-hydrogen) atoms. The van der Waals surface area contributed by atoms with Gasteiger partial charge in [-0.3, -0.25) is 0 Å². The molecule has 0 fully saturated rings. The smallest absolute Gasteiger partial charge is 0.387 e. The van der Waals surface area contributed by atoms with Gasteiger partial charge in [0, 0.05) is 0 Å². The standard InChI is InChI=1S/C8H6F3O/c1-5-2-3-7(6(9)4-5)12-8(10)11/h2-4,8H,1H2. The van der Waals surface area contributed by atoms with Gasteiger partial charge in [-0.15, -0.1) is 0 Å². The Bertz CT molecular complexity index is 273. The molecular formula is C8H6F3O. The molecule has 0 N–H and O–H groups in total. The number of halogens is 3. The Morgan fingerprint density at radius 2 is 2.00 bits per heavy atom. The monoisotopic (exact) mass is 175 g/mol. The van der Waals surface area contributed by atoms with Crippen LogP contribution in [0.3, 0.4) is 0 Å². The lowest BCUT2D eigenvalue weighted by Crippen LogP contribution is -2.03. The molecule has 1 radical (unpaired) electrons. The molecular weight excluding hydrogens is 169 g/mol. The maximum Gasteiger partial charge on any atom is 0.387 e. The van der Waals surface area contributed by atoms with E-state index < -0.39 is 18.2 Å². The second-order valence-corrected chi connectivity index (χ2v) is 2.14. The topological polar surface area (TPSA) is 9.23 Å². The molecule has 0 saturated carbocycles. The lowest BCUT2D eigenvalue weighted by molar-refractivity contribution is -0.0521. The zero-order valence-electron chi connectivity index (χ0n) is 6.06. The van der Waals surface area contributed by atoms with E-state index in [9.17, 15) is 13.2 Å². The van der Waals surface area contributed by atoms with Gasteiger partial charge in [-0.2, -0.15) is 8.78 Å². The maximum absolute atomic E-state index is 12.7. The van der Waals surface area contributed by atoms with E-state index in [1.165, 1.54) is 6.07 Å². The minimum absolute atomic E-state index is 0.411. The van der Waals surface area contributed by atoms with Gasteiger partial charge < -0.3 is 4.74 Å². The molecule has 0 amide bonds. The molecule has 0 unspecified atom stereocenters. The van der Waals surface area contributed by atoms with Crippen LogP contribution in [0.25, 0.3) is 0 Å². The third-order valence-electron chi connectivity index (χ3n) is 1.21. The van der Waals surface area contributed by atoms with E-state index in [0.717, 1.165) is 12.1 Å². The second-order valence-electron chi connectivity index (χ2n) is 2.14. The maximum atomic E-state index is 12.7. The highest BCUT2D eigenvalue weighted by molar-refractivity contribution is 5.30. The number of benzene rings is 1. The van der Waals surface area contributed by atoms with Crippen LogP contribution in [-0.2, 0) is 0 Å². The van der Waals surface area contributed by atoms with Crippen LogP contribution in [0.4, 0.5) is 13.2 Å². The van der Waals surface area contributed by atoms with Gasteiger partial charge in [-0.05, 0) is 24.6 Å². The zero-order valence-corrected chi connectivity index (χ0v) is 6.06. The van der Waals surface area contributed by atoms with Gasteiger partial charge in [-0.25, -0.2) is 4.39 Å². The summed E-state index contributed by atoms with van der Waals surface area (Å²) in [4.78, 5) is 0. The molecule has 4 heteroatoms. The normalized spacial score (nSPS) is 10.4. The first-order valence-electron chi connectivity index (χ1n) is 3.16. The number of rotatable bonds is 2. The van der Waals surface area contributed by atoms with Crippen molar-refractivity contribution in [1.82, 2.24) is 0 Å². The average Bonchev–Trinajstić information content (AvgIpc) is 1.94. The molecule has 0 spiro atoms. The summed E-state index contributed by atoms with van der Waals surface area (Å²) in [6, 6.07) is 3.53. The predicted molar refractivity (Wildman–Crippen MR) is 37.5 cm³/mol. The Balaban J connectivity index is 2.86. The third-order valence-corrected chi connectivity index (χ3v) is 1.21. The molecule has 0 bridgehead atoms. The summed E-state index contributed by atoms with van der Waals surface area (Å²) < 4.78 is 39.8. The van der Waals surface area contributed by atoms with Gasteiger partial charge in [0.2, 0.25) is 0 Å². The van der Waals surface area contributed by atoms with Gasteiger partial charge in [0.15, 0.2) is 11.6 Å². The van der Waals surface area contributed by atoms with Crippen LogP contribution < -0.4 is 4.74 Å². The molecule has 0 atom stereocenters. The van der Waals surface area contributed by atoms with Crippen molar-refractivity contribution in [2.45, 2.75) is 6.61 Å². The summed E-state index contributed by atoms with van der Waals surface area (Å²) in [6.07, 6.45) is 0. The van der Waals surface area contributed by atoms with Crippen LogP contribution in [0.2, 0.25) is 0 Å². The highest BCUT2D eigenvalue weighted by Crippen LogP contribution is 2.19. The van der Waals surface area contributed by atoms with Crippen LogP contribution in [0, 0.1) is 12.7 Å². The summed E-state index contributed by atoms with van der Waals surface area (Å²) in [5.74, 6) is -1.29. The molecule has 1 aromatic carbocycles. The molecule has 0 aromatic heterocycles. The lowest BCUT2D eigenvalue weighted by atomic mass is 10.2. The van der Waals surface area contributed by atoms with E-state index in [-0.39, 0.29) is 0 Å². The van der Waals surface area contributed by atoms with Crippen molar-refractivity contribution in [2.24, 2.45) is 0 Å². The molecule has 0 saturated heterocycles. The first-order valence-corrected chi connectivity index (χ1v) is 3.16. The van der Waals surface area contributed by atoms with Crippen LogP contribution in [0.15, 0.2) is 18.2 Å². The summed E-state index contributed by atoms with van der Waals surface area (Å²) >= 11 is 0. The minimum Gasteiger partial charge on any atom is -0.432 e. The predicted octanol–water partition coefficient (Wildman–Crippen LogP) is 2.61. The Morgan fingerprint density at radius 3 is 2.50 bits per heavy atom. The molecule has 1 rings (SSSR count). The Hall–Kier alpha value is -1.19. The number of hydrogen-bond donors (Lipinski definition) is 0. The van der Waals surface area contributed by atoms with Crippen LogP contribution in [0.1, 0.15) is 5.56 Å². The highest BCUT2D eigenvalue weighted by Gasteiger charge is 2.08. The van der Waals surface area contributed by atoms with E-state index in [2.05, 4.69) is 11.7 Å². The summed E-state index contributed by atoms with van der Waals surface area (Å²) in [6.45, 7) is 0.414. The molecule has 0 aliphatic heterocycles. The number of hydrogen-bond acceptors (Lipinski definition) is 1. The fourth-order valence-electron chi connectivity index (χ4n) is 0.736. The van der Waals surface area contributed by atoms with E-state index >= 15 is 0 Å². The lowest BCUT2D eigenvalue weighted by Gasteiger charge is -2.05. The number of ether oxygens (including phenoxy) is 1. The van der Waals surface area contributed by atoms with Gasteiger partial charge >= 0.3 is 6.61 Å². The van der Waals surface area contributed by atoms with E-state index in [0.29, 0.717) is 5.56 Å². The van der Waals surface area contributed by atoms with E-state index in [1.54, 1.807) is 0 Å². The summed E-state index contributed by atoms with van der Waals surface area (Å²) in [7, 11) is 0. The van der Waals surface area contributed by atoms with Crippen LogP contribution in [0.5, 0.6) is 5.75 Å². The Labute approximate surface area is 67.8 Å².